The van der Waals surface area contributed by atoms with Gasteiger partial charge in [-0.05, 0) is 0 Å². The van der Waals surface area contributed by atoms with Gasteiger partial charge in [-0.25, -0.2) is 0 Å². The molecule has 0 atom stereocenters. The van der Waals surface area contributed by atoms with Gasteiger partial charge in [0, 0.05) is 12.1 Å². The van der Waals surface area contributed by atoms with E-state index in [1.54, 1.807) is 0 Å². The van der Waals surface area contributed by atoms with Crippen LogP contribution in [0.3, 0.4) is 0 Å². The van der Waals surface area contributed by atoms with E-state index in [1.165, 1.54) is 0 Å². The van der Waals surface area contributed by atoms with Gasteiger partial charge in [0.15, 0.2) is 0 Å². The van der Waals surface area contributed by atoms with E-state index in [-0.39, 0.29) is 11.0 Å². The molecule has 0 fully saturated rings. The first kappa shape index (κ1) is 13.4. The second kappa shape index (κ2) is 4.57. The van der Waals surface area contributed by atoms with Crippen LogP contribution >= 0.6 is 0 Å². The maximum atomic E-state index is 13.5. The molecular formula is C10H6FN3O6. The van der Waals surface area contributed by atoms with Gasteiger partial charge >= 0.3 is 22.8 Å². The number of carboxylic acids is 1. The first-order valence-corrected chi connectivity index (χ1v) is 5.14. The van der Waals surface area contributed by atoms with Crippen LogP contribution < -0.4 is 11.1 Å². The van der Waals surface area contributed by atoms with E-state index in [0.717, 1.165) is 6.07 Å². The van der Waals surface area contributed by atoms with Gasteiger partial charge in [0.2, 0.25) is 5.82 Å². The summed E-state index contributed by atoms with van der Waals surface area (Å²) in [6, 6.07) is 1.36. The SMILES string of the molecule is O=C(O)Cn1c(=O)c(=O)[nH]c2cc([N+](=O)[O-])c(F)cc21. The molecule has 0 spiro atoms. The Kier molecular flexibility index (Phi) is 3.06. The van der Waals surface area contributed by atoms with Crippen LogP contribution in [-0.4, -0.2) is 25.6 Å². The number of fused-ring (bicyclic) bond motifs is 1. The highest BCUT2D eigenvalue weighted by Gasteiger charge is 2.19. The predicted molar refractivity (Wildman–Crippen MR) is 63.1 cm³/mol. The zero-order chi connectivity index (χ0) is 15.0. The number of hydrogen-bond acceptors (Lipinski definition) is 5. The maximum absolute atomic E-state index is 13.5. The van der Waals surface area contributed by atoms with Crippen LogP contribution in [0.1, 0.15) is 0 Å². The topological polar surface area (TPSA) is 135 Å². The van der Waals surface area contributed by atoms with Gasteiger partial charge in [-0.3, -0.25) is 29.1 Å². The Bertz CT molecular complexity index is 852. The number of nitrogens with one attached hydrogen (secondary N) is 1. The predicted octanol–water partition coefficient (Wildman–Crippen LogP) is -0.178. The summed E-state index contributed by atoms with van der Waals surface area (Å²) < 4.78 is 14.1. The smallest absolute Gasteiger partial charge is 0.323 e. The first-order valence-electron chi connectivity index (χ1n) is 5.14. The van der Waals surface area contributed by atoms with Crippen molar-refractivity contribution in [1.82, 2.24) is 9.55 Å². The van der Waals surface area contributed by atoms with Crippen molar-refractivity contribution >= 4 is 22.7 Å². The molecule has 0 aliphatic carbocycles. The first-order chi connectivity index (χ1) is 9.31. The maximum Gasteiger partial charge on any atom is 0.323 e. The minimum absolute atomic E-state index is 0.205. The number of hydrogen-bond donors (Lipinski definition) is 2. The average molecular weight is 283 g/mol. The Morgan fingerprint density at radius 2 is 2.10 bits per heavy atom. The van der Waals surface area contributed by atoms with Gasteiger partial charge in [-0.2, -0.15) is 4.39 Å². The highest BCUT2D eigenvalue weighted by molar-refractivity contribution is 5.79. The summed E-state index contributed by atoms with van der Waals surface area (Å²) in [5.41, 5.74) is -3.69. The molecule has 0 bridgehead atoms. The van der Waals surface area contributed by atoms with Crippen molar-refractivity contribution in [3.05, 3.63) is 48.8 Å². The zero-order valence-electron chi connectivity index (χ0n) is 9.62. The molecule has 0 saturated carbocycles. The zero-order valence-corrected chi connectivity index (χ0v) is 9.62. The van der Waals surface area contributed by atoms with Crippen LogP contribution in [-0.2, 0) is 11.3 Å². The molecule has 0 aliphatic heterocycles. The van der Waals surface area contributed by atoms with Crippen molar-refractivity contribution in [2.24, 2.45) is 0 Å². The fraction of sp³-hybridized carbons (Fsp3) is 0.100. The van der Waals surface area contributed by atoms with E-state index >= 15 is 0 Å². The molecule has 9 nitrogen and oxygen atoms in total. The molecule has 0 unspecified atom stereocenters. The lowest BCUT2D eigenvalue weighted by Gasteiger charge is -2.07. The summed E-state index contributed by atoms with van der Waals surface area (Å²) in [4.78, 5) is 45.2. The van der Waals surface area contributed by atoms with Crippen LogP contribution in [0.2, 0.25) is 0 Å². The monoisotopic (exact) mass is 283 g/mol. The Balaban J connectivity index is 2.91. The molecule has 0 aliphatic rings. The molecule has 10 heteroatoms. The number of aromatic amines is 1. The molecule has 1 heterocycles. The molecule has 2 aromatic rings. The number of halogens is 1. The number of nitrogens with zero attached hydrogens (tertiary/aromatic N) is 2. The lowest BCUT2D eigenvalue weighted by molar-refractivity contribution is -0.387. The van der Waals surface area contributed by atoms with Crippen molar-refractivity contribution < 1.29 is 19.2 Å². The van der Waals surface area contributed by atoms with E-state index in [1.807, 2.05) is 4.98 Å². The number of aliphatic carboxylic acids is 1. The summed E-state index contributed by atoms with van der Waals surface area (Å²) in [6.45, 7) is -0.865. The van der Waals surface area contributed by atoms with Gasteiger partial charge in [-0.15, -0.1) is 0 Å². The second-order valence-corrected chi connectivity index (χ2v) is 3.82. The summed E-state index contributed by atoms with van der Waals surface area (Å²) in [5, 5.41) is 19.3. The lowest BCUT2D eigenvalue weighted by Crippen LogP contribution is -2.37. The van der Waals surface area contributed by atoms with Crippen LogP contribution in [0.25, 0.3) is 11.0 Å². The molecule has 0 saturated heterocycles. The molecule has 0 radical (unpaired) electrons. The van der Waals surface area contributed by atoms with Crippen molar-refractivity contribution in [3.8, 4) is 0 Å². The van der Waals surface area contributed by atoms with Gasteiger partial charge in [0.05, 0.1) is 16.0 Å². The lowest BCUT2D eigenvalue weighted by atomic mass is 10.2. The number of rotatable bonds is 3. The van der Waals surface area contributed by atoms with E-state index in [0.29, 0.717) is 10.6 Å². The van der Waals surface area contributed by atoms with Crippen molar-refractivity contribution in [3.63, 3.8) is 0 Å². The Morgan fingerprint density at radius 3 is 2.65 bits per heavy atom. The molecule has 2 rings (SSSR count). The van der Waals surface area contributed by atoms with Crippen molar-refractivity contribution in [2.75, 3.05) is 0 Å². The van der Waals surface area contributed by atoms with Gasteiger partial charge in [0.25, 0.3) is 0 Å². The van der Waals surface area contributed by atoms with E-state index in [2.05, 4.69) is 0 Å². The fourth-order valence-corrected chi connectivity index (χ4v) is 1.71. The fourth-order valence-electron chi connectivity index (χ4n) is 1.71. The average Bonchev–Trinajstić information content (AvgIpc) is 2.34. The third-order valence-electron chi connectivity index (χ3n) is 2.53. The van der Waals surface area contributed by atoms with E-state index in [9.17, 15) is 28.9 Å². The number of nitro benzene ring substituents is 1. The third kappa shape index (κ3) is 2.13. The Hall–Kier alpha value is -3.04. The van der Waals surface area contributed by atoms with E-state index < -0.39 is 40.1 Å². The number of carbonyl (C=O) groups is 1. The number of aromatic nitrogens is 2. The van der Waals surface area contributed by atoms with Gasteiger partial charge < -0.3 is 10.1 Å². The molecular weight excluding hydrogens is 277 g/mol. The van der Waals surface area contributed by atoms with Crippen LogP contribution in [0.15, 0.2) is 21.7 Å². The van der Waals surface area contributed by atoms with Crippen molar-refractivity contribution in [1.29, 1.82) is 0 Å². The number of carboxylic acid groups (broad SMARTS) is 1. The summed E-state index contributed by atoms with van der Waals surface area (Å²) >= 11 is 0. The standard InChI is InChI=1S/C10H6FN3O6/c11-4-1-7-5(2-6(4)14(19)20)12-9(17)10(18)13(7)3-8(15)16/h1-2H,3H2,(H,12,17)(H,15,16). The Labute approximate surface area is 108 Å². The van der Waals surface area contributed by atoms with E-state index in [4.69, 9.17) is 5.11 Å². The minimum atomic E-state index is -1.42. The Morgan fingerprint density at radius 1 is 1.45 bits per heavy atom. The van der Waals surface area contributed by atoms with Crippen LogP contribution in [0, 0.1) is 15.9 Å². The van der Waals surface area contributed by atoms with Crippen LogP contribution in [0.4, 0.5) is 10.1 Å². The minimum Gasteiger partial charge on any atom is -0.480 e. The molecule has 0 amide bonds. The third-order valence-corrected chi connectivity index (χ3v) is 2.53. The molecule has 20 heavy (non-hydrogen) atoms. The molecule has 2 N–H and O–H groups in total. The summed E-state index contributed by atoms with van der Waals surface area (Å²) in [7, 11) is 0. The summed E-state index contributed by atoms with van der Waals surface area (Å²) in [5.74, 6) is -2.66. The van der Waals surface area contributed by atoms with Crippen molar-refractivity contribution in [2.45, 2.75) is 6.54 Å². The second-order valence-electron chi connectivity index (χ2n) is 3.82. The number of benzene rings is 1. The highest BCUT2D eigenvalue weighted by Crippen LogP contribution is 2.22. The van der Waals surface area contributed by atoms with Gasteiger partial charge in [-0.1, -0.05) is 0 Å². The highest BCUT2D eigenvalue weighted by atomic mass is 19.1. The van der Waals surface area contributed by atoms with Gasteiger partial charge in [0.1, 0.15) is 6.54 Å². The summed E-state index contributed by atoms with van der Waals surface area (Å²) in [6.07, 6.45) is 0. The molecule has 1 aromatic carbocycles. The number of H-pyrrole nitrogens is 1. The number of nitro groups is 1. The molecule has 1 aromatic heterocycles. The quantitative estimate of drug-likeness (QED) is 0.455. The van der Waals surface area contributed by atoms with Crippen LogP contribution in [0.5, 0.6) is 0 Å². The molecule has 104 valence electrons. The largest absolute Gasteiger partial charge is 0.480 e. The normalized spacial score (nSPS) is 10.7.